The normalized spacial score (nSPS) is 22.9. The second-order valence-corrected chi connectivity index (χ2v) is 4.85. The fourth-order valence-corrected chi connectivity index (χ4v) is 2.76. The van der Waals surface area contributed by atoms with Gasteiger partial charge in [0.15, 0.2) is 10.6 Å². The number of amidine groups is 1. The fraction of sp³-hybridized carbons (Fsp3) is 0.182. The second kappa shape index (κ2) is 3.67. The van der Waals surface area contributed by atoms with Gasteiger partial charge in [0, 0.05) is 13.0 Å². The van der Waals surface area contributed by atoms with Crippen LogP contribution >= 0.6 is 11.3 Å². The lowest BCUT2D eigenvalue weighted by atomic mass is 10.2. The molecule has 0 unspecified atom stereocenters. The number of fused-ring (bicyclic) bond motifs is 1. The highest BCUT2D eigenvalue weighted by Crippen LogP contribution is 2.29. The molecule has 0 aliphatic carbocycles. The Kier molecular flexibility index (Phi) is 2.24. The number of thiophene rings is 1. The van der Waals surface area contributed by atoms with Gasteiger partial charge in [0.25, 0.3) is 5.91 Å². The van der Waals surface area contributed by atoms with Crippen molar-refractivity contribution in [3.63, 3.8) is 0 Å². The highest BCUT2D eigenvalue weighted by molar-refractivity contribution is 7.12. The zero-order chi connectivity index (χ0) is 12.9. The van der Waals surface area contributed by atoms with Crippen LogP contribution in [0.4, 0.5) is 5.69 Å². The number of carbonyl (C=O) groups excluding carboxylic acids is 3. The van der Waals surface area contributed by atoms with Gasteiger partial charge >= 0.3 is 11.7 Å². The van der Waals surface area contributed by atoms with Gasteiger partial charge in [-0.25, -0.2) is 4.79 Å². The summed E-state index contributed by atoms with van der Waals surface area (Å²) < 4.78 is 1.22. The van der Waals surface area contributed by atoms with Crippen LogP contribution in [0.1, 0.15) is 23.0 Å². The van der Waals surface area contributed by atoms with Gasteiger partial charge in [-0.2, -0.15) is 4.58 Å². The second-order valence-electron chi connectivity index (χ2n) is 3.94. The summed E-state index contributed by atoms with van der Waals surface area (Å²) in [4.78, 5) is 39.8. The standard InChI is InChI=1S/C11H7N3O3S/c1-5-12-6-2-3-18-9(6)11(17)14(5)7-4-8(15)13-10(7)16/h2-3H,4H2,1H3/p+1. The molecule has 3 rings (SSSR count). The number of aliphatic imine (C=N–C) groups is 1. The van der Waals surface area contributed by atoms with Crippen molar-refractivity contribution in [3.05, 3.63) is 16.3 Å². The first kappa shape index (κ1) is 11.0. The molecule has 0 spiro atoms. The van der Waals surface area contributed by atoms with Gasteiger partial charge in [-0.3, -0.25) is 14.9 Å². The van der Waals surface area contributed by atoms with Crippen molar-refractivity contribution >= 4 is 46.3 Å². The Morgan fingerprint density at radius 1 is 1.39 bits per heavy atom. The Hall–Kier alpha value is -2.15. The maximum Gasteiger partial charge on any atom is 0.360 e. The quantitative estimate of drug-likeness (QED) is 0.544. The van der Waals surface area contributed by atoms with E-state index in [1.807, 2.05) is 0 Å². The van der Waals surface area contributed by atoms with E-state index in [9.17, 15) is 14.4 Å². The number of amides is 3. The smallest absolute Gasteiger partial charge is 0.289 e. The van der Waals surface area contributed by atoms with Crippen molar-refractivity contribution in [2.75, 3.05) is 0 Å². The highest BCUT2D eigenvalue weighted by Gasteiger charge is 2.40. The number of nitrogens with one attached hydrogen (secondary N) is 1. The predicted molar refractivity (Wildman–Crippen MR) is 64.5 cm³/mol. The summed E-state index contributed by atoms with van der Waals surface area (Å²) in [5, 5.41) is 3.93. The predicted octanol–water partition coefficient (Wildman–Crippen LogP) is 0.452. The molecule has 0 atom stereocenters. The molecule has 0 aromatic carbocycles. The summed E-state index contributed by atoms with van der Waals surface area (Å²) in [6, 6.07) is 1.75. The van der Waals surface area contributed by atoms with Crippen LogP contribution in [-0.4, -0.2) is 33.8 Å². The minimum absolute atomic E-state index is 0.0852. The highest BCUT2D eigenvalue weighted by atomic mass is 32.1. The Bertz CT molecular complexity index is 669. The molecule has 90 valence electrons. The Morgan fingerprint density at radius 3 is 2.83 bits per heavy atom. The van der Waals surface area contributed by atoms with Crippen LogP contribution in [0.5, 0.6) is 0 Å². The number of nitrogens with zero attached hydrogens (tertiary/aromatic N) is 2. The van der Waals surface area contributed by atoms with E-state index in [0.29, 0.717) is 16.4 Å². The maximum atomic E-state index is 12.3. The average Bonchev–Trinajstić information content (AvgIpc) is 2.86. The van der Waals surface area contributed by atoms with Crippen molar-refractivity contribution in [1.82, 2.24) is 5.32 Å². The van der Waals surface area contributed by atoms with Gasteiger partial charge in [0.1, 0.15) is 0 Å². The van der Waals surface area contributed by atoms with Crippen molar-refractivity contribution in [2.45, 2.75) is 13.3 Å². The molecule has 0 saturated carbocycles. The molecular weight excluding hydrogens is 254 g/mol. The van der Waals surface area contributed by atoms with Gasteiger partial charge in [-0.1, -0.05) is 0 Å². The lowest BCUT2D eigenvalue weighted by molar-refractivity contribution is -0.304. The molecule has 1 fully saturated rings. The summed E-state index contributed by atoms with van der Waals surface area (Å²) in [5.74, 6) is -0.811. The fourth-order valence-electron chi connectivity index (χ4n) is 2.00. The Labute approximate surface area is 106 Å². The molecule has 1 aromatic rings. The van der Waals surface area contributed by atoms with Crippen LogP contribution < -0.4 is 5.32 Å². The minimum Gasteiger partial charge on any atom is -0.289 e. The van der Waals surface area contributed by atoms with Crippen LogP contribution in [-0.2, 0) is 9.59 Å². The molecule has 18 heavy (non-hydrogen) atoms. The molecule has 3 amide bonds. The van der Waals surface area contributed by atoms with Gasteiger partial charge in [-0.15, -0.1) is 11.3 Å². The molecule has 0 bridgehead atoms. The molecule has 2 aliphatic rings. The number of hydrogen-bond donors (Lipinski definition) is 1. The first-order valence-corrected chi connectivity index (χ1v) is 6.13. The van der Waals surface area contributed by atoms with E-state index in [1.165, 1.54) is 15.9 Å². The first-order valence-electron chi connectivity index (χ1n) is 5.25. The SMILES string of the molecule is CC1=Nc2ccsc2C(=O)[N+]1=C1CC(=O)NC1=O. The van der Waals surface area contributed by atoms with E-state index >= 15 is 0 Å². The maximum absolute atomic E-state index is 12.3. The summed E-state index contributed by atoms with van der Waals surface area (Å²) in [6.45, 7) is 1.64. The van der Waals surface area contributed by atoms with Gasteiger partial charge in [0.2, 0.25) is 11.6 Å². The van der Waals surface area contributed by atoms with Crippen molar-refractivity contribution in [1.29, 1.82) is 0 Å². The third-order valence-corrected chi connectivity index (χ3v) is 3.65. The minimum atomic E-state index is -0.525. The van der Waals surface area contributed by atoms with Gasteiger partial charge in [0.05, 0.1) is 6.42 Å². The number of hydrogen-bond acceptors (Lipinski definition) is 5. The van der Waals surface area contributed by atoms with Gasteiger partial charge in [-0.05, 0) is 10.4 Å². The number of imide groups is 1. The van der Waals surface area contributed by atoms with E-state index in [0.717, 1.165) is 0 Å². The largest absolute Gasteiger partial charge is 0.360 e. The van der Waals surface area contributed by atoms with Crippen LogP contribution in [0.25, 0.3) is 0 Å². The molecule has 3 heterocycles. The van der Waals surface area contributed by atoms with Gasteiger partial charge < -0.3 is 0 Å². The molecule has 7 heteroatoms. The Balaban J connectivity index is 2.21. The van der Waals surface area contributed by atoms with Crippen molar-refractivity contribution < 1.29 is 19.0 Å². The summed E-state index contributed by atoms with van der Waals surface area (Å²) in [5.41, 5.74) is 0.759. The van der Waals surface area contributed by atoms with Crippen LogP contribution in [0.3, 0.4) is 0 Å². The molecule has 0 radical (unpaired) electrons. The van der Waals surface area contributed by atoms with Crippen LogP contribution in [0.2, 0.25) is 0 Å². The molecule has 1 saturated heterocycles. The number of rotatable bonds is 0. The molecule has 6 nitrogen and oxygen atoms in total. The number of carbonyl (C=O) groups is 3. The van der Waals surface area contributed by atoms with Crippen LogP contribution in [0, 0.1) is 0 Å². The lowest BCUT2D eigenvalue weighted by Crippen LogP contribution is -2.37. The van der Waals surface area contributed by atoms with E-state index in [4.69, 9.17) is 0 Å². The first-order chi connectivity index (χ1) is 8.58. The lowest BCUT2D eigenvalue weighted by Gasteiger charge is -2.07. The third kappa shape index (κ3) is 1.44. The third-order valence-electron chi connectivity index (χ3n) is 2.76. The zero-order valence-corrected chi connectivity index (χ0v) is 10.2. The molecule has 1 aromatic heterocycles. The average molecular weight is 262 g/mol. The molecular formula is C11H8N3O3S+. The van der Waals surface area contributed by atoms with Crippen LogP contribution in [0.15, 0.2) is 16.4 Å². The van der Waals surface area contributed by atoms with Crippen molar-refractivity contribution in [3.8, 4) is 0 Å². The summed E-state index contributed by atoms with van der Waals surface area (Å²) in [6.07, 6.45) is -0.0852. The summed E-state index contributed by atoms with van der Waals surface area (Å²) in [7, 11) is 0. The van der Waals surface area contributed by atoms with Crippen molar-refractivity contribution in [2.24, 2.45) is 4.99 Å². The summed E-state index contributed by atoms with van der Waals surface area (Å²) >= 11 is 1.27. The monoisotopic (exact) mass is 262 g/mol. The molecule has 2 aliphatic heterocycles. The van der Waals surface area contributed by atoms with E-state index in [2.05, 4.69) is 10.3 Å². The topological polar surface area (TPSA) is 78.6 Å². The van der Waals surface area contributed by atoms with E-state index in [-0.39, 0.29) is 18.0 Å². The molecule has 1 N–H and O–H groups in total. The zero-order valence-electron chi connectivity index (χ0n) is 9.39. The Morgan fingerprint density at radius 2 is 2.17 bits per heavy atom. The van der Waals surface area contributed by atoms with E-state index in [1.54, 1.807) is 18.4 Å². The van der Waals surface area contributed by atoms with E-state index < -0.39 is 11.8 Å².